The van der Waals surface area contributed by atoms with Gasteiger partial charge in [-0.15, -0.1) is 0 Å². The Kier molecular flexibility index (Phi) is 2.97. The van der Waals surface area contributed by atoms with Gasteiger partial charge in [0.05, 0.1) is 12.7 Å². The largest absolute Gasteiger partial charge is 0.496 e. The molecule has 0 N–H and O–H groups in total. The van der Waals surface area contributed by atoms with Crippen molar-refractivity contribution >= 4 is 11.5 Å². The van der Waals surface area contributed by atoms with Crippen LogP contribution in [0, 0.1) is 0 Å². The quantitative estimate of drug-likeness (QED) is 0.797. The third-order valence-corrected chi connectivity index (χ3v) is 2.76. The Labute approximate surface area is 92.9 Å². The van der Waals surface area contributed by atoms with Crippen LogP contribution in [-0.2, 0) is 6.42 Å². The SMILES string of the molecule is CCc1cccc(-c2ncsn2)c1OC. The molecule has 0 atom stereocenters. The van der Waals surface area contributed by atoms with Gasteiger partial charge < -0.3 is 4.74 Å². The first-order chi connectivity index (χ1) is 7.36. The molecule has 0 aliphatic rings. The Balaban J connectivity index is 2.56. The topological polar surface area (TPSA) is 35.0 Å². The summed E-state index contributed by atoms with van der Waals surface area (Å²) in [5.74, 6) is 1.63. The van der Waals surface area contributed by atoms with E-state index >= 15 is 0 Å². The van der Waals surface area contributed by atoms with E-state index in [9.17, 15) is 0 Å². The van der Waals surface area contributed by atoms with Gasteiger partial charge in [0, 0.05) is 0 Å². The number of nitrogens with zero attached hydrogens (tertiary/aromatic N) is 2. The van der Waals surface area contributed by atoms with Gasteiger partial charge in [-0.1, -0.05) is 19.1 Å². The van der Waals surface area contributed by atoms with Crippen molar-refractivity contribution in [3.05, 3.63) is 29.3 Å². The van der Waals surface area contributed by atoms with Crippen LogP contribution in [0.1, 0.15) is 12.5 Å². The number of hydrogen-bond donors (Lipinski definition) is 0. The van der Waals surface area contributed by atoms with Crippen LogP contribution in [0.5, 0.6) is 5.75 Å². The molecule has 0 unspecified atom stereocenters. The molecule has 0 saturated carbocycles. The molecule has 2 rings (SSSR count). The zero-order chi connectivity index (χ0) is 10.7. The summed E-state index contributed by atoms with van der Waals surface area (Å²) >= 11 is 1.35. The van der Waals surface area contributed by atoms with E-state index in [-0.39, 0.29) is 0 Å². The third kappa shape index (κ3) is 1.85. The van der Waals surface area contributed by atoms with Crippen LogP contribution < -0.4 is 4.74 Å². The van der Waals surface area contributed by atoms with Gasteiger partial charge in [-0.3, -0.25) is 0 Å². The molecule has 4 heteroatoms. The van der Waals surface area contributed by atoms with Gasteiger partial charge in [0.15, 0.2) is 5.82 Å². The first-order valence-electron chi connectivity index (χ1n) is 4.79. The van der Waals surface area contributed by atoms with Gasteiger partial charge in [0.1, 0.15) is 11.3 Å². The van der Waals surface area contributed by atoms with Crippen molar-refractivity contribution in [2.75, 3.05) is 7.11 Å². The van der Waals surface area contributed by atoms with Gasteiger partial charge in [0.2, 0.25) is 0 Å². The van der Waals surface area contributed by atoms with Crippen LogP contribution in [0.25, 0.3) is 11.4 Å². The Hall–Kier alpha value is -1.42. The van der Waals surface area contributed by atoms with E-state index in [4.69, 9.17) is 4.74 Å². The molecule has 1 aromatic carbocycles. The molecule has 0 bridgehead atoms. The summed E-state index contributed by atoms with van der Waals surface area (Å²) in [6.07, 6.45) is 0.946. The molecule has 2 aromatic rings. The molecule has 0 fully saturated rings. The van der Waals surface area contributed by atoms with E-state index in [0.29, 0.717) is 0 Å². The fourth-order valence-corrected chi connectivity index (χ4v) is 2.01. The van der Waals surface area contributed by atoms with Crippen molar-refractivity contribution in [1.82, 2.24) is 9.36 Å². The first kappa shape index (κ1) is 10.1. The summed E-state index contributed by atoms with van der Waals surface area (Å²) in [7, 11) is 1.68. The minimum absolute atomic E-state index is 0.743. The summed E-state index contributed by atoms with van der Waals surface area (Å²) in [6, 6.07) is 6.06. The molecule has 0 amide bonds. The summed E-state index contributed by atoms with van der Waals surface area (Å²) in [6.45, 7) is 2.11. The summed E-state index contributed by atoms with van der Waals surface area (Å²) < 4.78 is 9.64. The average molecular weight is 220 g/mol. The van der Waals surface area contributed by atoms with Gasteiger partial charge in [-0.2, -0.15) is 4.37 Å². The maximum Gasteiger partial charge on any atom is 0.176 e. The predicted octanol–water partition coefficient (Wildman–Crippen LogP) is 2.78. The molecule has 0 saturated heterocycles. The highest BCUT2D eigenvalue weighted by Gasteiger charge is 2.11. The van der Waals surface area contributed by atoms with Crippen LogP contribution in [0.15, 0.2) is 23.7 Å². The monoisotopic (exact) mass is 220 g/mol. The Morgan fingerprint density at radius 3 is 2.87 bits per heavy atom. The van der Waals surface area contributed by atoms with E-state index in [2.05, 4.69) is 22.3 Å². The van der Waals surface area contributed by atoms with Crippen LogP contribution >= 0.6 is 11.5 Å². The molecular weight excluding hydrogens is 208 g/mol. The lowest BCUT2D eigenvalue weighted by molar-refractivity contribution is 0.411. The van der Waals surface area contributed by atoms with E-state index in [1.54, 1.807) is 12.6 Å². The van der Waals surface area contributed by atoms with E-state index < -0.39 is 0 Å². The second kappa shape index (κ2) is 4.40. The maximum absolute atomic E-state index is 5.42. The molecule has 3 nitrogen and oxygen atoms in total. The Bertz CT molecular complexity index is 440. The molecule has 15 heavy (non-hydrogen) atoms. The Morgan fingerprint density at radius 1 is 1.40 bits per heavy atom. The second-order valence-electron chi connectivity index (χ2n) is 3.11. The molecule has 0 radical (unpaired) electrons. The normalized spacial score (nSPS) is 10.3. The standard InChI is InChI=1S/C11H12N2OS/c1-3-8-5-4-6-9(10(8)14-2)11-12-7-15-13-11/h4-7H,3H2,1-2H3. The lowest BCUT2D eigenvalue weighted by Crippen LogP contribution is -1.94. The molecule has 0 spiro atoms. The molecule has 78 valence electrons. The number of benzene rings is 1. The number of rotatable bonds is 3. The fourth-order valence-electron chi connectivity index (χ4n) is 1.57. The van der Waals surface area contributed by atoms with E-state index in [1.807, 2.05) is 12.1 Å². The van der Waals surface area contributed by atoms with Crippen LogP contribution in [0.3, 0.4) is 0 Å². The van der Waals surface area contributed by atoms with Crippen molar-refractivity contribution < 1.29 is 4.74 Å². The van der Waals surface area contributed by atoms with Crippen molar-refractivity contribution in [2.24, 2.45) is 0 Å². The molecule has 1 aromatic heterocycles. The zero-order valence-corrected chi connectivity index (χ0v) is 9.54. The maximum atomic E-state index is 5.42. The molecule has 0 aliphatic carbocycles. The first-order valence-corrected chi connectivity index (χ1v) is 5.63. The van der Waals surface area contributed by atoms with Crippen LogP contribution in [0.2, 0.25) is 0 Å². The summed E-state index contributed by atoms with van der Waals surface area (Å²) in [5.41, 5.74) is 3.89. The second-order valence-corrected chi connectivity index (χ2v) is 3.71. The summed E-state index contributed by atoms with van der Waals surface area (Å²) in [5, 5.41) is 0. The number of methoxy groups -OCH3 is 1. The van der Waals surface area contributed by atoms with Crippen LogP contribution in [0.4, 0.5) is 0 Å². The van der Waals surface area contributed by atoms with Crippen molar-refractivity contribution in [3.8, 4) is 17.1 Å². The lowest BCUT2D eigenvalue weighted by atomic mass is 10.1. The van der Waals surface area contributed by atoms with Crippen molar-refractivity contribution in [2.45, 2.75) is 13.3 Å². The summed E-state index contributed by atoms with van der Waals surface area (Å²) in [4.78, 5) is 4.20. The average Bonchev–Trinajstić information content (AvgIpc) is 2.81. The highest BCUT2D eigenvalue weighted by Crippen LogP contribution is 2.31. The fraction of sp³-hybridized carbons (Fsp3) is 0.273. The smallest absolute Gasteiger partial charge is 0.176 e. The number of aromatic nitrogens is 2. The lowest BCUT2D eigenvalue weighted by Gasteiger charge is -2.09. The predicted molar refractivity (Wildman–Crippen MR) is 61.3 cm³/mol. The third-order valence-electron chi connectivity index (χ3n) is 2.28. The van der Waals surface area contributed by atoms with Gasteiger partial charge in [0.25, 0.3) is 0 Å². The number of para-hydroxylation sites is 1. The van der Waals surface area contributed by atoms with Crippen molar-refractivity contribution in [1.29, 1.82) is 0 Å². The highest BCUT2D eigenvalue weighted by atomic mass is 32.1. The van der Waals surface area contributed by atoms with E-state index in [1.165, 1.54) is 17.1 Å². The highest BCUT2D eigenvalue weighted by molar-refractivity contribution is 7.03. The zero-order valence-electron chi connectivity index (χ0n) is 8.73. The number of ether oxygens (including phenoxy) is 1. The number of aryl methyl sites for hydroxylation is 1. The minimum Gasteiger partial charge on any atom is -0.496 e. The molecular formula is C11H12N2OS. The molecule has 1 heterocycles. The Morgan fingerprint density at radius 2 is 2.27 bits per heavy atom. The van der Waals surface area contributed by atoms with E-state index in [0.717, 1.165) is 23.6 Å². The minimum atomic E-state index is 0.743. The van der Waals surface area contributed by atoms with Crippen molar-refractivity contribution in [3.63, 3.8) is 0 Å². The number of hydrogen-bond acceptors (Lipinski definition) is 4. The molecule has 0 aliphatic heterocycles. The van der Waals surface area contributed by atoms with Gasteiger partial charge in [-0.25, -0.2) is 4.98 Å². The van der Waals surface area contributed by atoms with Crippen LogP contribution in [-0.4, -0.2) is 16.5 Å². The van der Waals surface area contributed by atoms with Gasteiger partial charge in [-0.05, 0) is 29.6 Å². The van der Waals surface area contributed by atoms with Gasteiger partial charge >= 0.3 is 0 Å².